The first kappa shape index (κ1) is 11.4. The molecule has 1 rings (SSSR count). The van der Waals surface area contributed by atoms with Crippen molar-refractivity contribution in [1.29, 1.82) is 0 Å². The molecule has 1 aliphatic rings. The van der Waals surface area contributed by atoms with Crippen molar-refractivity contribution in [3.05, 3.63) is 0 Å². The van der Waals surface area contributed by atoms with Crippen molar-refractivity contribution in [3.8, 4) is 0 Å². The van der Waals surface area contributed by atoms with Gasteiger partial charge in [-0.05, 0) is 12.8 Å². The minimum absolute atomic E-state index is 0.508. The van der Waals surface area contributed by atoms with E-state index in [9.17, 15) is 0 Å². The Morgan fingerprint density at radius 1 is 1.18 bits per heavy atom. The maximum atomic E-state index is 8.67. The summed E-state index contributed by atoms with van der Waals surface area (Å²) in [7, 11) is 0. The van der Waals surface area contributed by atoms with Gasteiger partial charge in [0.15, 0.2) is 0 Å². The second kappa shape index (κ2) is 7.03. The Balaban J connectivity index is 0.000000218. The molecule has 0 aliphatic heterocycles. The van der Waals surface area contributed by atoms with Crippen LogP contribution < -0.4 is 0 Å². The normalized spacial score (nSPS) is 19.3. The molecule has 0 unspecified atom stereocenters. The number of alkyl halides is 1. The zero-order valence-electron chi connectivity index (χ0n) is 6.20. The molecule has 0 radical (unpaired) electrons. The van der Waals surface area contributed by atoms with E-state index in [-0.39, 0.29) is 0 Å². The highest BCUT2D eigenvalue weighted by Gasteiger charge is 2.08. The second-order valence-electron chi connectivity index (χ2n) is 2.47. The number of hydrogen-bond donors (Lipinski definition) is 2. The van der Waals surface area contributed by atoms with E-state index in [0.29, 0.717) is 5.38 Å². The van der Waals surface area contributed by atoms with Gasteiger partial charge in [0.2, 0.25) is 0 Å². The lowest BCUT2D eigenvalue weighted by Crippen LogP contribution is -2.03. The predicted molar refractivity (Wildman–Crippen MR) is 46.1 cm³/mol. The molecule has 3 nitrogen and oxygen atoms in total. The van der Waals surface area contributed by atoms with E-state index in [0.717, 1.165) is 0 Å². The Morgan fingerprint density at radius 2 is 1.55 bits per heavy atom. The van der Waals surface area contributed by atoms with E-state index < -0.39 is 11.4 Å². The Labute approximate surface area is 74.2 Å². The van der Waals surface area contributed by atoms with Crippen LogP contribution in [0.15, 0.2) is 0 Å². The first-order valence-corrected chi connectivity index (χ1v) is 5.07. The smallest absolute Gasteiger partial charge is 0.284 e. The van der Waals surface area contributed by atoms with Crippen LogP contribution in [0.1, 0.15) is 32.1 Å². The van der Waals surface area contributed by atoms with Gasteiger partial charge in [0, 0.05) is 5.38 Å². The van der Waals surface area contributed by atoms with Gasteiger partial charge in [-0.3, -0.25) is 9.11 Å². The average molecular weight is 201 g/mol. The van der Waals surface area contributed by atoms with Gasteiger partial charge in [-0.1, -0.05) is 19.3 Å². The number of halogens is 1. The summed E-state index contributed by atoms with van der Waals surface area (Å²) >= 11 is 3.21. The summed E-state index contributed by atoms with van der Waals surface area (Å²) in [5.74, 6) is 0. The third-order valence-electron chi connectivity index (χ3n) is 1.53. The lowest BCUT2D eigenvalue weighted by Gasteiger charge is -2.13. The van der Waals surface area contributed by atoms with E-state index in [1.54, 1.807) is 0 Å². The second-order valence-corrected chi connectivity index (χ2v) is 3.54. The van der Waals surface area contributed by atoms with Gasteiger partial charge in [0.1, 0.15) is 0 Å². The molecule has 0 aromatic rings. The summed E-state index contributed by atoms with van der Waals surface area (Å²) < 4.78 is 22.8. The monoisotopic (exact) mass is 200 g/mol. The molecule has 0 amide bonds. The fraction of sp³-hybridized carbons (Fsp3) is 1.00. The lowest BCUT2D eigenvalue weighted by atomic mass is 10.0. The van der Waals surface area contributed by atoms with Crippen LogP contribution in [0.3, 0.4) is 0 Å². The molecular formula is C6H13ClO3S. The van der Waals surface area contributed by atoms with Gasteiger partial charge in [-0.2, -0.15) is 4.21 Å². The van der Waals surface area contributed by atoms with Crippen LogP contribution >= 0.6 is 11.6 Å². The Morgan fingerprint density at radius 3 is 1.73 bits per heavy atom. The summed E-state index contributed by atoms with van der Waals surface area (Å²) in [4.78, 5) is 0. The summed E-state index contributed by atoms with van der Waals surface area (Å²) in [6.45, 7) is 0. The molecule has 0 heterocycles. The molecule has 1 aliphatic carbocycles. The predicted octanol–water partition coefficient (Wildman–Crippen LogP) is 2.24. The quantitative estimate of drug-likeness (QED) is 0.466. The van der Waals surface area contributed by atoms with Gasteiger partial charge in [-0.15, -0.1) is 11.6 Å². The SMILES string of the molecule is ClC1CCCCC1.O=S(O)O. The van der Waals surface area contributed by atoms with E-state index in [2.05, 4.69) is 0 Å². The largest absolute Gasteiger partial charge is 0.299 e. The van der Waals surface area contributed by atoms with E-state index in [4.69, 9.17) is 24.9 Å². The highest BCUT2D eigenvalue weighted by Crippen LogP contribution is 2.21. The molecule has 0 saturated heterocycles. The van der Waals surface area contributed by atoms with Gasteiger partial charge in [0.25, 0.3) is 11.4 Å². The van der Waals surface area contributed by atoms with Crippen molar-refractivity contribution in [1.82, 2.24) is 0 Å². The van der Waals surface area contributed by atoms with Crippen molar-refractivity contribution in [3.63, 3.8) is 0 Å². The number of rotatable bonds is 0. The molecule has 2 N–H and O–H groups in total. The fourth-order valence-corrected chi connectivity index (χ4v) is 1.36. The third-order valence-corrected chi connectivity index (χ3v) is 1.97. The van der Waals surface area contributed by atoms with Crippen LogP contribution in [0.2, 0.25) is 0 Å². The molecule has 0 aromatic carbocycles. The molecule has 0 atom stereocenters. The van der Waals surface area contributed by atoms with Crippen molar-refractivity contribution in [2.75, 3.05) is 0 Å². The van der Waals surface area contributed by atoms with Crippen LogP contribution in [0.4, 0.5) is 0 Å². The third kappa shape index (κ3) is 10.4. The first-order chi connectivity index (χ1) is 5.13. The Kier molecular flexibility index (Phi) is 7.26. The molecule has 0 bridgehead atoms. The number of hydrogen-bond acceptors (Lipinski definition) is 1. The molecule has 68 valence electrons. The summed E-state index contributed by atoms with van der Waals surface area (Å²) in [6, 6.07) is 0. The highest BCUT2D eigenvalue weighted by molar-refractivity contribution is 7.73. The maximum Gasteiger partial charge on any atom is 0.299 e. The lowest BCUT2D eigenvalue weighted by molar-refractivity contribution is 0.454. The minimum atomic E-state index is -2.61. The topological polar surface area (TPSA) is 57.5 Å². The first-order valence-electron chi connectivity index (χ1n) is 3.57. The summed E-state index contributed by atoms with van der Waals surface area (Å²) in [6.07, 6.45) is 6.62. The maximum absolute atomic E-state index is 8.67. The van der Waals surface area contributed by atoms with Crippen LogP contribution in [0.5, 0.6) is 0 Å². The molecule has 1 fully saturated rings. The van der Waals surface area contributed by atoms with Gasteiger partial charge in [0.05, 0.1) is 0 Å². The van der Waals surface area contributed by atoms with E-state index >= 15 is 0 Å². The van der Waals surface area contributed by atoms with Crippen LogP contribution in [-0.4, -0.2) is 18.7 Å². The van der Waals surface area contributed by atoms with Crippen molar-refractivity contribution in [2.24, 2.45) is 0 Å². The highest BCUT2D eigenvalue weighted by atomic mass is 35.5. The molecular weight excluding hydrogens is 188 g/mol. The summed E-state index contributed by atoms with van der Waals surface area (Å²) in [5.41, 5.74) is 0. The molecule has 0 aromatic heterocycles. The molecule has 11 heavy (non-hydrogen) atoms. The molecule has 0 spiro atoms. The van der Waals surface area contributed by atoms with E-state index in [1.165, 1.54) is 32.1 Å². The minimum Gasteiger partial charge on any atom is -0.284 e. The fourth-order valence-electron chi connectivity index (χ4n) is 1.05. The zero-order valence-corrected chi connectivity index (χ0v) is 7.77. The standard InChI is InChI=1S/C6H11Cl.H2O3S/c7-6-4-2-1-3-5-6;1-4(2)3/h6H,1-5H2;(H2,1,2,3). The van der Waals surface area contributed by atoms with Crippen LogP contribution in [0.25, 0.3) is 0 Å². The van der Waals surface area contributed by atoms with Crippen molar-refractivity contribution in [2.45, 2.75) is 37.5 Å². The molecule has 1 saturated carbocycles. The Hall–Kier alpha value is 0.360. The van der Waals surface area contributed by atoms with Gasteiger partial charge >= 0.3 is 0 Å². The van der Waals surface area contributed by atoms with E-state index in [1.807, 2.05) is 0 Å². The Bertz CT molecular complexity index is 110. The van der Waals surface area contributed by atoms with Crippen LogP contribution in [0, 0.1) is 0 Å². The summed E-state index contributed by atoms with van der Waals surface area (Å²) in [5, 5.41) is 0.508. The van der Waals surface area contributed by atoms with Crippen LogP contribution in [-0.2, 0) is 11.4 Å². The van der Waals surface area contributed by atoms with Gasteiger partial charge in [-0.25, -0.2) is 0 Å². The van der Waals surface area contributed by atoms with Crippen molar-refractivity contribution < 1.29 is 13.3 Å². The van der Waals surface area contributed by atoms with Crippen molar-refractivity contribution >= 4 is 23.0 Å². The average Bonchev–Trinajstić information content (AvgIpc) is 1.87. The van der Waals surface area contributed by atoms with Gasteiger partial charge < -0.3 is 0 Å². The molecule has 5 heteroatoms. The zero-order chi connectivity index (χ0) is 8.69.